The molecule has 0 bridgehead atoms. The highest BCUT2D eigenvalue weighted by Crippen LogP contribution is 2.37. The van der Waals surface area contributed by atoms with Crippen LogP contribution in [0.15, 0.2) is 42.6 Å². The Morgan fingerprint density at radius 1 is 1.23 bits per heavy atom. The molecule has 0 atom stereocenters. The van der Waals surface area contributed by atoms with Crippen LogP contribution in [0.2, 0.25) is 0 Å². The number of aromatic nitrogens is 2. The minimum Gasteiger partial charge on any atom is -0.496 e. The van der Waals surface area contributed by atoms with Crippen LogP contribution in [-0.4, -0.2) is 63.9 Å². The molecule has 1 aromatic carbocycles. The maximum atomic E-state index is 14.0. The fourth-order valence-corrected chi connectivity index (χ4v) is 5.98. The van der Waals surface area contributed by atoms with E-state index in [0.29, 0.717) is 27.7 Å². The molecule has 3 aromatic rings. The summed E-state index contributed by atoms with van der Waals surface area (Å²) in [6.45, 7) is 4.76. The summed E-state index contributed by atoms with van der Waals surface area (Å²) in [5.74, 6) is 0.143. The van der Waals surface area contributed by atoms with Crippen molar-refractivity contribution in [2.24, 2.45) is 0 Å². The molecule has 1 amide bonds. The van der Waals surface area contributed by atoms with Crippen molar-refractivity contribution in [2.45, 2.75) is 32.7 Å². The number of carbonyl (C=O) groups is 1. The Morgan fingerprint density at radius 2 is 1.97 bits per heavy atom. The van der Waals surface area contributed by atoms with Gasteiger partial charge in [-0.1, -0.05) is 6.08 Å². The lowest BCUT2D eigenvalue weighted by Gasteiger charge is -2.37. The molecular formula is C24H27FN4O5S. The number of hydrogen-bond donors (Lipinski definition) is 2. The smallest absolute Gasteiger partial charge is 0.422 e. The number of benzene rings is 1. The van der Waals surface area contributed by atoms with Gasteiger partial charge in [0.2, 0.25) is 0 Å². The normalized spacial score (nSPS) is 15.2. The topological polar surface area (TPSA) is 116 Å². The van der Waals surface area contributed by atoms with E-state index in [0.717, 1.165) is 26.5 Å². The molecule has 4 rings (SSSR count). The van der Waals surface area contributed by atoms with E-state index in [1.165, 1.54) is 40.0 Å². The number of methoxy groups -OCH3 is 1. The van der Waals surface area contributed by atoms with Crippen LogP contribution in [0.3, 0.4) is 0 Å². The van der Waals surface area contributed by atoms with Gasteiger partial charge >= 0.3 is 16.3 Å². The Bertz CT molecular complexity index is 1430. The summed E-state index contributed by atoms with van der Waals surface area (Å²) in [4.78, 5) is 19.3. The number of fused-ring (bicyclic) bond motifs is 1. The monoisotopic (exact) mass is 502 g/mol. The molecule has 35 heavy (non-hydrogen) atoms. The van der Waals surface area contributed by atoms with Crippen molar-refractivity contribution < 1.29 is 27.4 Å². The second-order valence-electron chi connectivity index (χ2n) is 9.21. The largest absolute Gasteiger partial charge is 0.496 e. The lowest BCUT2D eigenvalue weighted by atomic mass is 10.0. The number of aromatic amines is 1. The maximum absolute atomic E-state index is 14.0. The molecule has 2 aromatic heterocycles. The molecule has 0 saturated heterocycles. The number of nitrogens with one attached hydrogen (secondary N) is 1. The summed E-state index contributed by atoms with van der Waals surface area (Å²) in [6.07, 6.45) is 2.24. The standard InChI is InChI=1S/C24H27FN4O5S/c1-24(2,3)29(23(30)31)35(32,33)28-11-8-15(9-12-28)20-14-19-17(7-10-26-22(19)27-20)18-13-16(25)5-6-21(18)34-4/h5-8,10,13-14H,9,11-12H2,1-4H3,(H,26,27)(H,30,31). The van der Waals surface area contributed by atoms with Gasteiger partial charge in [0, 0.05) is 35.9 Å². The van der Waals surface area contributed by atoms with Crippen molar-refractivity contribution in [1.82, 2.24) is 18.6 Å². The average Bonchev–Trinajstić information content (AvgIpc) is 3.22. The number of pyridine rings is 1. The molecule has 11 heteroatoms. The molecule has 0 saturated carbocycles. The number of hydrogen-bond acceptors (Lipinski definition) is 5. The first-order valence-electron chi connectivity index (χ1n) is 11.0. The Hall–Kier alpha value is -3.44. The Kier molecular flexibility index (Phi) is 6.32. The van der Waals surface area contributed by atoms with Gasteiger partial charge in [-0.2, -0.15) is 17.0 Å². The zero-order valence-corrected chi connectivity index (χ0v) is 20.7. The Morgan fingerprint density at radius 3 is 2.57 bits per heavy atom. The summed E-state index contributed by atoms with van der Waals surface area (Å²) in [7, 11) is -2.69. The number of halogens is 1. The fourth-order valence-electron chi connectivity index (χ4n) is 4.28. The third-order valence-corrected chi connectivity index (χ3v) is 7.99. The fraction of sp³-hybridized carbons (Fsp3) is 0.333. The molecule has 0 radical (unpaired) electrons. The summed E-state index contributed by atoms with van der Waals surface area (Å²) in [6, 6.07) is 8.00. The van der Waals surface area contributed by atoms with Crippen LogP contribution in [0.25, 0.3) is 27.7 Å². The molecule has 9 nitrogen and oxygen atoms in total. The zero-order valence-electron chi connectivity index (χ0n) is 19.9. The van der Waals surface area contributed by atoms with Crippen molar-refractivity contribution in [2.75, 3.05) is 20.2 Å². The number of nitrogens with zero attached hydrogens (tertiary/aromatic N) is 3. The first-order chi connectivity index (χ1) is 16.4. The van der Waals surface area contributed by atoms with E-state index in [1.54, 1.807) is 24.4 Å². The van der Waals surface area contributed by atoms with Crippen molar-refractivity contribution >= 4 is 32.9 Å². The van der Waals surface area contributed by atoms with Crippen molar-refractivity contribution in [1.29, 1.82) is 0 Å². The Labute approximate surface area is 203 Å². The van der Waals surface area contributed by atoms with Crippen LogP contribution in [0.5, 0.6) is 5.75 Å². The van der Waals surface area contributed by atoms with Gasteiger partial charge in [0.1, 0.15) is 17.2 Å². The second kappa shape index (κ2) is 8.97. The van der Waals surface area contributed by atoms with E-state index in [4.69, 9.17) is 4.74 Å². The van der Waals surface area contributed by atoms with Crippen LogP contribution in [0, 0.1) is 5.82 Å². The quantitative estimate of drug-likeness (QED) is 0.531. The second-order valence-corrected chi connectivity index (χ2v) is 11.0. The molecule has 186 valence electrons. The minimum absolute atomic E-state index is 0.0326. The van der Waals surface area contributed by atoms with E-state index < -0.39 is 21.8 Å². The summed E-state index contributed by atoms with van der Waals surface area (Å²) in [5.41, 5.74) is 2.46. The number of ether oxygens (including phenoxy) is 1. The van der Waals surface area contributed by atoms with E-state index in [2.05, 4.69) is 9.97 Å². The van der Waals surface area contributed by atoms with Crippen molar-refractivity contribution in [3.05, 3.63) is 54.1 Å². The van der Waals surface area contributed by atoms with Crippen molar-refractivity contribution in [3.8, 4) is 16.9 Å². The lowest BCUT2D eigenvalue weighted by molar-refractivity contribution is 0.142. The van der Waals surface area contributed by atoms with E-state index in [1.807, 2.05) is 6.07 Å². The van der Waals surface area contributed by atoms with Gasteiger partial charge in [-0.3, -0.25) is 0 Å². The van der Waals surface area contributed by atoms with E-state index >= 15 is 0 Å². The predicted molar refractivity (Wildman–Crippen MR) is 131 cm³/mol. The van der Waals surface area contributed by atoms with Crippen LogP contribution in [0.1, 0.15) is 32.9 Å². The lowest BCUT2D eigenvalue weighted by Crippen LogP contribution is -2.55. The molecular weight excluding hydrogens is 475 g/mol. The van der Waals surface area contributed by atoms with Gasteiger partial charge in [0.15, 0.2) is 0 Å². The average molecular weight is 503 g/mol. The SMILES string of the molecule is COc1ccc(F)cc1-c1ccnc2[nH]c(C3=CCN(S(=O)(=O)N(C(=O)O)C(C)(C)C)CC3)cc12. The van der Waals surface area contributed by atoms with Crippen LogP contribution >= 0.6 is 0 Å². The highest BCUT2D eigenvalue weighted by atomic mass is 32.2. The highest BCUT2D eigenvalue weighted by Gasteiger charge is 2.41. The number of carboxylic acid groups (broad SMARTS) is 1. The van der Waals surface area contributed by atoms with Gasteiger partial charge in [-0.05, 0) is 68.7 Å². The third-order valence-electron chi connectivity index (χ3n) is 5.84. The molecule has 0 fully saturated rings. The Balaban J connectivity index is 1.67. The molecule has 1 aliphatic rings. The highest BCUT2D eigenvalue weighted by molar-refractivity contribution is 7.87. The van der Waals surface area contributed by atoms with Crippen LogP contribution in [-0.2, 0) is 10.2 Å². The molecule has 0 unspecified atom stereocenters. The molecule has 3 heterocycles. The van der Waals surface area contributed by atoms with Crippen LogP contribution < -0.4 is 4.74 Å². The van der Waals surface area contributed by atoms with Crippen molar-refractivity contribution in [3.63, 3.8) is 0 Å². The number of H-pyrrole nitrogens is 1. The molecule has 1 aliphatic heterocycles. The van der Waals surface area contributed by atoms with Gasteiger partial charge < -0.3 is 14.8 Å². The van der Waals surface area contributed by atoms with E-state index in [9.17, 15) is 22.7 Å². The summed E-state index contributed by atoms with van der Waals surface area (Å²) < 4.78 is 47.1. The first kappa shape index (κ1) is 24.7. The van der Waals surface area contributed by atoms with Gasteiger partial charge in [0.25, 0.3) is 0 Å². The zero-order chi connectivity index (χ0) is 25.5. The maximum Gasteiger partial charge on any atom is 0.422 e. The third kappa shape index (κ3) is 4.61. The summed E-state index contributed by atoms with van der Waals surface area (Å²) >= 11 is 0. The molecule has 0 spiro atoms. The van der Waals surface area contributed by atoms with E-state index in [-0.39, 0.29) is 18.9 Å². The molecule has 0 aliphatic carbocycles. The molecule has 2 N–H and O–H groups in total. The number of rotatable bonds is 5. The van der Waals surface area contributed by atoms with Gasteiger partial charge in [-0.25, -0.2) is 14.2 Å². The minimum atomic E-state index is -4.22. The first-order valence-corrected chi connectivity index (χ1v) is 12.4. The summed E-state index contributed by atoms with van der Waals surface area (Å²) in [5, 5.41) is 10.3. The number of amides is 1. The predicted octanol–water partition coefficient (Wildman–Crippen LogP) is 4.49. The van der Waals surface area contributed by atoms with Gasteiger partial charge in [-0.15, -0.1) is 0 Å². The van der Waals surface area contributed by atoms with Crippen LogP contribution in [0.4, 0.5) is 9.18 Å². The van der Waals surface area contributed by atoms with Gasteiger partial charge in [0.05, 0.1) is 12.6 Å².